The van der Waals surface area contributed by atoms with Crippen molar-refractivity contribution in [2.24, 2.45) is 0 Å². The Hall–Kier alpha value is -2.17. The highest BCUT2D eigenvalue weighted by atomic mass is 16.1. The first-order chi connectivity index (χ1) is 12.6. The second-order valence-corrected chi connectivity index (χ2v) is 7.90. The monoisotopic (exact) mass is 352 g/mol. The van der Waals surface area contributed by atoms with Gasteiger partial charge in [0.25, 0.3) is 5.91 Å². The number of hydrogen-bond donors (Lipinski definition) is 1. The lowest BCUT2D eigenvalue weighted by molar-refractivity contribution is 0.0955. The molecule has 2 heterocycles. The minimum absolute atomic E-state index is 0.000912. The summed E-state index contributed by atoms with van der Waals surface area (Å²) >= 11 is 0. The number of fused-ring (bicyclic) bond motifs is 1. The fraction of sp³-hybridized carbons (Fsp3) is 0.571. The van der Waals surface area contributed by atoms with Crippen LogP contribution >= 0.6 is 0 Å². The maximum Gasteiger partial charge on any atom is 0.252 e. The molecule has 1 N–H and O–H groups in total. The summed E-state index contributed by atoms with van der Waals surface area (Å²) in [6, 6.07) is 2.21. The molecule has 138 valence electrons. The molecule has 1 amide bonds. The smallest absolute Gasteiger partial charge is 0.252 e. The number of hydrogen-bond acceptors (Lipinski definition) is 3. The van der Waals surface area contributed by atoms with Gasteiger partial charge in [0.05, 0.1) is 17.1 Å². The molecule has 0 aromatic carbocycles. The van der Waals surface area contributed by atoms with E-state index in [9.17, 15) is 4.79 Å². The van der Waals surface area contributed by atoms with Gasteiger partial charge in [0.1, 0.15) is 0 Å². The molecular formula is C21H28N4O. The van der Waals surface area contributed by atoms with Crippen molar-refractivity contribution >= 4 is 16.9 Å². The van der Waals surface area contributed by atoms with Crippen LogP contribution in [0.1, 0.15) is 86.8 Å². The SMILES string of the molecule is CC(C)n1ncc2c(C(=O)NCCC3=CCCCC3)cc(C3CC3)nc21. The molecule has 2 aromatic heterocycles. The number of allylic oxidation sites excluding steroid dienone is 1. The molecule has 2 aliphatic carbocycles. The molecule has 5 heteroatoms. The zero-order valence-electron chi connectivity index (χ0n) is 15.8. The standard InChI is InChI=1S/C21H28N4O/c1-14(2)25-20-18(13-23-25)17(12-19(24-20)16-8-9-16)21(26)22-11-10-15-6-4-3-5-7-15/h6,12-14,16H,3-5,7-11H2,1-2H3,(H,22,26). The normalized spacial score (nSPS) is 17.6. The van der Waals surface area contributed by atoms with Gasteiger partial charge in [0.15, 0.2) is 5.65 Å². The van der Waals surface area contributed by atoms with Gasteiger partial charge in [0.2, 0.25) is 0 Å². The van der Waals surface area contributed by atoms with E-state index in [-0.39, 0.29) is 11.9 Å². The third-order valence-corrected chi connectivity index (χ3v) is 5.43. The van der Waals surface area contributed by atoms with Crippen molar-refractivity contribution < 1.29 is 4.79 Å². The Morgan fingerprint density at radius 1 is 1.35 bits per heavy atom. The molecule has 0 aliphatic heterocycles. The minimum Gasteiger partial charge on any atom is -0.352 e. The molecule has 2 aliphatic rings. The molecule has 4 rings (SSSR count). The quantitative estimate of drug-likeness (QED) is 0.778. The van der Waals surface area contributed by atoms with E-state index >= 15 is 0 Å². The predicted octanol–water partition coefficient (Wildman–Crippen LogP) is 4.51. The van der Waals surface area contributed by atoms with Crippen molar-refractivity contribution in [3.8, 4) is 0 Å². The zero-order valence-corrected chi connectivity index (χ0v) is 15.8. The number of amides is 1. The third kappa shape index (κ3) is 3.53. The van der Waals surface area contributed by atoms with Gasteiger partial charge in [-0.05, 0) is 64.9 Å². The largest absolute Gasteiger partial charge is 0.352 e. The highest BCUT2D eigenvalue weighted by Gasteiger charge is 2.28. The molecule has 0 bridgehead atoms. The van der Waals surface area contributed by atoms with Crippen molar-refractivity contribution in [2.45, 2.75) is 70.8 Å². The van der Waals surface area contributed by atoms with E-state index in [0.717, 1.165) is 28.7 Å². The lowest BCUT2D eigenvalue weighted by atomic mass is 9.97. The average molecular weight is 352 g/mol. The van der Waals surface area contributed by atoms with Crippen LogP contribution in [0.15, 0.2) is 23.9 Å². The van der Waals surface area contributed by atoms with Crippen LogP contribution in [-0.2, 0) is 0 Å². The van der Waals surface area contributed by atoms with Gasteiger partial charge >= 0.3 is 0 Å². The van der Waals surface area contributed by atoms with Gasteiger partial charge in [-0.2, -0.15) is 5.10 Å². The molecule has 1 saturated carbocycles. The zero-order chi connectivity index (χ0) is 18.1. The summed E-state index contributed by atoms with van der Waals surface area (Å²) in [7, 11) is 0. The van der Waals surface area contributed by atoms with Gasteiger partial charge in [-0.3, -0.25) is 4.79 Å². The molecule has 1 fully saturated rings. The Bertz CT molecular complexity index is 845. The van der Waals surface area contributed by atoms with E-state index in [2.05, 4.69) is 30.3 Å². The molecule has 0 atom stereocenters. The number of carbonyl (C=O) groups excluding carboxylic acids is 1. The van der Waals surface area contributed by atoms with E-state index in [1.165, 1.54) is 44.1 Å². The number of nitrogens with one attached hydrogen (secondary N) is 1. The lowest BCUT2D eigenvalue weighted by Crippen LogP contribution is -2.25. The first-order valence-electron chi connectivity index (χ1n) is 9.97. The molecule has 5 nitrogen and oxygen atoms in total. The Labute approximate surface area is 154 Å². The lowest BCUT2D eigenvalue weighted by Gasteiger charge is -2.13. The Morgan fingerprint density at radius 2 is 2.19 bits per heavy atom. The minimum atomic E-state index is -0.000912. The molecular weight excluding hydrogens is 324 g/mol. The number of aromatic nitrogens is 3. The van der Waals surface area contributed by atoms with Crippen LogP contribution in [0.3, 0.4) is 0 Å². The fourth-order valence-electron chi connectivity index (χ4n) is 3.75. The van der Waals surface area contributed by atoms with Crippen LogP contribution in [0.5, 0.6) is 0 Å². The van der Waals surface area contributed by atoms with Crippen LogP contribution in [0.25, 0.3) is 11.0 Å². The van der Waals surface area contributed by atoms with Crippen LogP contribution < -0.4 is 5.32 Å². The summed E-state index contributed by atoms with van der Waals surface area (Å²) in [6.07, 6.45) is 12.4. The summed E-state index contributed by atoms with van der Waals surface area (Å²) < 4.78 is 1.92. The highest BCUT2D eigenvalue weighted by Crippen LogP contribution is 2.40. The van der Waals surface area contributed by atoms with Crippen molar-refractivity contribution in [3.05, 3.63) is 35.2 Å². The number of carbonyl (C=O) groups is 1. The van der Waals surface area contributed by atoms with Crippen molar-refractivity contribution in [1.29, 1.82) is 0 Å². The van der Waals surface area contributed by atoms with Gasteiger partial charge in [-0.25, -0.2) is 9.67 Å². The second kappa shape index (κ2) is 7.22. The Morgan fingerprint density at radius 3 is 2.88 bits per heavy atom. The van der Waals surface area contributed by atoms with Crippen LogP contribution in [-0.4, -0.2) is 27.2 Å². The Kier molecular flexibility index (Phi) is 4.79. The molecule has 0 radical (unpaired) electrons. The first kappa shape index (κ1) is 17.3. The topological polar surface area (TPSA) is 59.8 Å². The molecule has 0 unspecified atom stereocenters. The van der Waals surface area contributed by atoms with E-state index in [1.54, 1.807) is 6.20 Å². The highest BCUT2D eigenvalue weighted by molar-refractivity contribution is 6.05. The summed E-state index contributed by atoms with van der Waals surface area (Å²) in [6.45, 7) is 4.89. The molecule has 26 heavy (non-hydrogen) atoms. The van der Waals surface area contributed by atoms with Gasteiger partial charge in [-0.1, -0.05) is 11.6 Å². The van der Waals surface area contributed by atoms with Gasteiger partial charge < -0.3 is 5.32 Å². The fourth-order valence-corrected chi connectivity index (χ4v) is 3.75. The van der Waals surface area contributed by atoms with Crippen molar-refractivity contribution in [2.75, 3.05) is 6.54 Å². The number of pyridine rings is 1. The van der Waals surface area contributed by atoms with Crippen LogP contribution in [0.2, 0.25) is 0 Å². The van der Waals surface area contributed by atoms with Gasteiger partial charge in [-0.15, -0.1) is 0 Å². The van der Waals surface area contributed by atoms with Gasteiger partial charge in [0, 0.05) is 24.2 Å². The predicted molar refractivity (Wildman–Crippen MR) is 103 cm³/mol. The second-order valence-electron chi connectivity index (χ2n) is 7.90. The third-order valence-electron chi connectivity index (χ3n) is 5.43. The molecule has 2 aromatic rings. The summed E-state index contributed by atoms with van der Waals surface area (Å²) in [4.78, 5) is 17.7. The van der Waals surface area contributed by atoms with Crippen LogP contribution in [0.4, 0.5) is 0 Å². The van der Waals surface area contributed by atoms with E-state index < -0.39 is 0 Å². The van der Waals surface area contributed by atoms with Crippen molar-refractivity contribution in [3.63, 3.8) is 0 Å². The molecule has 0 spiro atoms. The number of nitrogens with zero attached hydrogens (tertiary/aromatic N) is 3. The first-order valence-corrected chi connectivity index (χ1v) is 9.97. The van der Waals surface area contributed by atoms with Crippen molar-refractivity contribution in [1.82, 2.24) is 20.1 Å². The van der Waals surface area contributed by atoms with Crippen LogP contribution in [0, 0.1) is 0 Å². The summed E-state index contributed by atoms with van der Waals surface area (Å²) in [5, 5.41) is 8.46. The van der Waals surface area contributed by atoms with E-state index in [1.807, 2.05) is 10.7 Å². The Balaban J connectivity index is 1.56. The summed E-state index contributed by atoms with van der Waals surface area (Å²) in [5.41, 5.74) is 4.09. The maximum atomic E-state index is 12.9. The number of rotatable bonds is 6. The van der Waals surface area contributed by atoms with E-state index in [4.69, 9.17) is 4.98 Å². The maximum absolute atomic E-state index is 12.9. The van der Waals surface area contributed by atoms with E-state index in [0.29, 0.717) is 12.5 Å². The summed E-state index contributed by atoms with van der Waals surface area (Å²) in [5.74, 6) is 0.507. The average Bonchev–Trinajstić information content (AvgIpc) is 3.40. The molecule has 0 saturated heterocycles.